The lowest BCUT2D eigenvalue weighted by atomic mass is 9.80. The van der Waals surface area contributed by atoms with Crippen LogP contribution in [0.4, 0.5) is 0 Å². The van der Waals surface area contributed by atoms with E-state index in [4.69, 9.17) is 5.73 Å². The molecule has 1 nitrogen and oxygen atoms in total. The Morgan fingerprint density at radius 3 is 2.85 bits per heavy atom. The SMILES string of the molecule is NC1CC12CCCc1ccccc12. The molecule has 2 aliphatic rings. The van der Waals surface area contributed by atoms with Gasteiger partial charge in [0.1, 0.15) is 0 Å². The van der Waals surface area contributed by atoms with Crippen molar-refractivity contribution in [3.05, 3.63) is 35.4 Å². The Kier molecular flexibility index (Phi) is 1.37. The molecule has 1 saturated carbocycles. The average Bonchev–Trinajstić information content (AvgIpc) is 2.79. The Bertz CT molecular complexity index is 345. The van der Waals surface area contributed by atoms with Crippen LogP contribution >= 0.6 is 0 Å². The van der Waals surface area contributed by atoms with Crippen LogP contribution in [0.1, 0.15) is 30.4 Å². The van der Waals surface area contributed by atoms with Gasteiger partial charge >= 0.3 is 0 Å². The Morgan fingerprint density at radius 2 is 2.08 bits per heavy atom. The first-order chi connectivity index (χ1) is 6.33. The van der Waals surface area contributed by atoms with Gasteiger partial charge in [0.25, 0.3) is 0 Å². The smallest absolute Gasteiger partial charge is 0.0146 e. The van der Waals surface area contributed by atoms with Crippen LogP contribution in [0.15, 0.2) is 24.3 Å². The molecule has 2 unspecified atom stereocenters. The van der Waals surface area contributed by atoms with Crippen molar-refractivity contribution in [3.8, 4) is 0 Å². The minimum Gasteiger partial charge on any atom is -0.327 e. The van der Waals surface area contributed by atoms with Crippen molar-refractivity contribution in [3.63, 3.8) is 0 Å². The summed E-state index contributed by atoms with van der Waals surface area (Å²) in [6.45, 7) is 0. The van der Waals surface area contributed by atoms with E-state index in [0.717, 1.165) is 0 Å². The Hall–Kier alpha value is -0.820. The number of rotatable bonds is 0. The summed E-state index contributed by atoms with van der Waals surface area (Å²) in [5.41, 5.74) is 9.54. The van der Waals surface area contributed by atoms with Crippen molar-refractivity contribution >= 4 is 0 Å². The second kappa shape index (κ2) is 2.36. The van der Waals surface area contributed by atoms with Gasteiger partial charge in [-0.3, -0.25) is 0 Å². The fourth-order valence-electron chi connectivity index (χ4n) is 2.88. The zero-order valence-electron chi connectivity index (χ0n) is 7.79. The summed E-state index contributed by atoms with van der Waals surface area (Å²) in [4.78, 5) is 0. The summed E-state index contributed by atoms with van der Waals surface area (Å²) in [6.07, 6.45) is 5.10. The van der Waals surface area contributed by atoms with E-state index in [2.05, 4.69) is 24.3 Å². The van der Waals surface area contributed by atoms with Gasteiger partial charge in [-0.05, 0) is 36.8 Å². The third-order valence-corrected chi connectivity index (χ3v) is 3.76. The van der Waals surface area contributed by atoms with Crippen LogP contribution in [0.25, 0.3) is 0 Å². The highest BCUT2D eigenvalue weighted by Gasteiger charge is 2.54. The third kappa shape index (κ3) is 0.910. The molecule has 1 fully saturated rings. The molecular weight excluding hydrogens is 158 g/mol. The lowest BCUT2D eigenvalue weighted by Crippen LogP contribution is -2.23. The predicted octanol–water partition coefficient (Wildman–Crippen LogP) is 1.99. The molecule has 2 N–H and O–H groups in total. The second-order valence-electron chi connectivity index (χ2n) is 4.48. The number of benzene rings is 1. The molecule has 0 bridgehead atoms. The van der Waals surface area contributed by atoms with Gasteiger partial charge in [0.05, 0.1) is 0 Å². The highest BCUT2D eigenvalue weighted by atomic mass is 14.8. The number of fused-ring (bicyclic) bond motifs is 2. The van der Waals surface area contributed by atoms with Crippen molar-refractivity contribution in [2.75, 3.05) is 0 Å². The molecule has 1 aromatic carbocycles. The van der Waals surface area contributed by atoms with Crippen LogP contribution in [0.2, 0.25) is 0 Å². The predicted molar refractivity (Wildman–Crippen MR) is 53.7 cm³/mol. The van der Waals surface area contributed by atoms with Gasteiger partial charge in [0.2, 0.25) is 0 Å². The van der Waals surface area contributed by atoms with Gasteiger partial charge in [-0.1, -0.05) is 24.3 Å². The largest absolute Gasteiger partial charge is 0.327 e. The van der Waals surface area contributed by atoms with Crippen LogP contribution in [0.3, 0.4) is 0 Å². The molecule has 0 aromatic heterocycles. The Labute approximate surface area is 78.9 Å². The molecule has 3 rings (SSSR count). The lowest BCUT2D eigenvalue weighted by Gasteiger charge is -2.25. The van der Waals surface area contributed by atoms with Crippen molar-refractivity contribution in [1.29, 1.82) is 0 Å². The van der Waals surface area contributed by atoms with E-state index in [-0.39, 0.29) is 0 Å². The fraction of sp³-hybridized carbons (Fsp3) is 0.500. The molecule has 1 heteroatoms. The summed E-state index contributed by atoms with van der Waals surface area (Å²) >= 11 is 0. The van der Waals surface area contributed by atoms with Gasteiger partial charge in [0.15, 0.2) is 0 Å². The van der Waals surface area contributed by atoms with E-state index in [1.165, 1.54) is 25.7 Å². The van der Waals surface area contributed by atoms with E-state index in [9.17, 15) is 0 Å². The molecule has 1 spiro atoms. The lowest BCUT2D eigenvalue weighted by molar-refractivity contribution is 0.526. The maximum absolute atomic E-state index is 6.05. The molecule has 0 amide bonds. The molecule has 0 heterocycles. The van der Waals surface area contributed by atoms with Crippen molar-refractivity contribution in [2.45, 2.75) is 37.1 Å². The normalized spacial score (nSPS) is 35.9. The van der Waals surface area contributed by atoms with Crippen LogP contribution < -0.4 is 5.73 Å². The van der Waals surface area contributed by atoms with Gasteiger partial charge in [-0.2, -0.15) is 0 Å². The molecule has 68 valence electrons. The number of hydrogen-bond donors (Lipinski definition) is 1. The number of hydrogen-bond acceptors (Lipinski definition) is 1. The van der Waals surface area contributed by atoms with Crippen molar-refractivity contribution < 1.29 is 0 Å². The summed E-state index contributed by atoms with van der Waals surface area (Å²) < 4.78 is 0. The van der Waals surface area contributed by atoms with E-state index in [1.54, 1.807) is 11.1 Å². The summed E-state index contributed by atoms with van der Waals surface area (Å²) in [5.74, 6) is 0. The monoisotopic (exact) mass is 173 g/mol. The topological polar surface area (TPSA) is 26.0 Å². The van der Waals surface area contributed by atoms with E-state index < -0.39 is 0 Å². The molecule has 1 aromatic rings. The standard InChI is InChI=1S/C12H15N/c13-11-8-12(11)7-3-5-9-4-1-2-6-10(9)12/h1-2,4,6,11H,3,5,7-8,13H2. The van der Waals surface area contributed by atoms with Gasteiger partial charge in [0, 0.05) is 11.5 Å². The highest BCUT2D eigenvalue weighted by Crippen LogP contribution is 2.54. The zero-order chi connectivity index (χ0) is 8.89. The second-order valence-corrected chi connectivity index (χ2v) is 4.48. The van der Waals surface area contributed by atoms with Crippen LogP contribution in [-0.4, -0.2) is 6.04 Å². The first kappa shape index (κ1) is 7.57. The molecule has 0 aliphatic heterocycles. The third-order valence-electron chi connectivity index (χ3n) is 3.76. The first-order valence-corrected chi connectivity index (χ1v) is 5.17. The van der Waals surface area contributed by atoms with E-state index in [1.807, 2.05) is 0 Å². The van der Waals surface area contributed by atoms with Gasteiger partial charge < -0.3 is 5.73 Å². The summed E-state index contributed by atoms with van der Waals surface area (Å²) in [6, 6.07) is 9.28. The van der Waals surface area contributed by atoms with Gasteiger partial charge in [-0.25, -0.2) is 0 Å². The molecule has 13 heavy (non-hydrogen) atoms. The minimum absolute atomic E-state index is 0.398. The molecular formula is C12H15N. The fourth-order valence-corrected chi connectivity index (χ4v) is 2.88. The van der Waals surface area contributed by atoms with E-state index in [0.29, 0.717) is 11.5 Å². The number of aryl methyl sites for hydroxylation is 1. The molecule has 2 atom stereocenters. The quantitative estimate of drug-likeness (QED) is 0.638. The molecule has 0 radical (unpaired) electrons. The average molecular weight is 173 g/mol. The van der Waals surface area contributed by atoms with Crippen LogP contribution in [0, 0.1) is 0 Å². The zero-order valence-corrected chi connectivity index (χ0v) is 7.79. The van der Waals surface area contributed by atoms with Crippen LogP contribution in [0.5, 0.6) is 0 Å². The number of nitrogens with two attached hydrogens (primary N) is 1. The summed E-state index contributed by atoms with van der Waals surface area (Å²) in [5, 5.41) is 0. The summed E-state index contributed by atoms with van der Waals surface area (Å²) in [7, 11) is 0. The van der Waals surface area contributed by atoms with Crippen molar-refractivity contribution in [2.24, 2.45) is 5.73 Å². The maximum atomic E-state index is 6.05. The van der Waals surface area contributed by atoms with E-state index >= 15 is 0 Å². The van der Waals surface area contributed by atoms with Crippen LogP contribution in [-0.2, 0) is 11.8 Å². The molecule has 2 aliphatic carbocycles. The Balaban J connectivity index is 2.13. The molecule has 0 saturated heterocycles. The van der Waals surface area contributed by atoms with Crippen molar-refractivity contribution in [1.82, 2.24) is 0 Å². The first-order valence-electron chi connectivity index (χ1n) is 5.17. The minimum atomic E-state index is 0.398. The highest BCUT2D eigenvalue weighted by molar-refractivity contribution is 5.43. The Morgan fingerprint density at radius 1 is 1.31 bits per heavy atom. The maximum Gasteiger partial charge on any atom is 0.0146 e. The van der Waals surface area contributed by atoms with Gasteiger partial charge in [-0.15, -0.1) is 0 Å².